The van der Waals surface area contributed by atoms with Crippen LogP contribution in [0.3, 0.4) is 0 Å². The average molecular weight is 208 g/mol. The van der Waals surface area contributed by atoms with Gasteiger partial charge >= 0.3 is 0 Å². The maximum atomic E-state index is 5.23. The fourth-order valence-corrected chi connectivity index (χ4v) is 1.51. The monoisotopic (exact) mass is 208 g/mol. The second-order valence-corrected chi connectivity index (χ2v) is 3.68. The van der Waals surface area contributed by atoms with Crippen molar-refractivity contribution in [2.45, 2.75) is 6.92 Å². The van der Waals surface area contributed by atoms with Gasteiger partial charge in [-0.05, 0) is 37.7 Å². The van der Waals surface area contributed by atoms with Crippen molar-refractivity contribution in [1.82, 2.24) is 5.32 Å². The zero-order valence-electron chi connectivity index (χ0n) is 10.0. The van der Waals surface area contributed by atoms with Gasteiger partial charge in [-0.25, -0.2) is 0 Å². The number of nitrogens with zero attached hydrogens (tertiary/aromatic N) is 1. The number of hydrogen-bond donors (Lipinski definition) is 1. The van der Waals surface area contributed by atoms with Gasteiger partial charge in [0.1, 0.15) is 5.75 Å². The topological polar surface area (TPSA) is 24.5 Å². The van der Waals surface area contributed by atoms with E-state index in [2.05, 4.69) is 36.3 Å². The number of hydrogen-bond acceptors (Lipinski definition) is 3. The minimum Gasteiger partial charge on any atom is -0.496 e. The molecule has 0 bridgehead atoms. The molecule has 1 aromatic carbocycles. The second kappa shape index (κ2) is 5.61. The van der Waals surface area contributed by atoms with Crippen LogP contribution in [0.4, 0.5) is 5.69 Å². The number of nitrogens with one attached hydrogen (secondary N) is 1. The number of rotatable bonds is 5. The summed E-state index contributed by atoms with van der Waals surface area (Å²) in [5, 5.41) is 3.14. The summed E-state index contributed by atoms with van der Waals surface area (Å²) in [5.74, 6) is 0.945. The summed E-state index contributed by atoms with van der Waals surface area (Å²) in [5.41, 5.74) is 2.40. The fourth-order valence-electron chi connectivity index (χ4n) is 1.51. The van der Waals surface area contributed by atoms with Gasteiger partial charge in [-0.2, -0.15) is 0 Å². The standard InChI is InChI=1S/C12H20N2O/c1-10-9-11(5-6-12(10)15-4)14(3)8-7-13-2/h5-6,9,13H,7-8H2,1-4H3. The molecule has 84 valence electrons. The predicted molar refractivity (Wildman–Crippen MR) is 64.9 cm³/mol. The largest absolute Gasteiger partial charge is 0.496 e. The summed E-state index contributed by atoms with van der Waals surface area (Å²) in [4.78, 5) is 2.23. The Morgan fingerprint density at radius 2 is 2.13 bits per heavy atom. The Labute approximate surface area is 92.0 Å². The lowest BCUT2D eigenvalue weighted by Crippen LogP contribution is -2.27. The van der Waals surface area contributed by atoms with Crippen LogP contribution in [-0.2, 0) is 0 Å². The molecule has 0 radical (unpaired) electrons. The van der Waals surface area contributed by atoms with Crippen molar-refractivity contribution < 1.29 is 4.74 Å². The van der Waals surface area contributed by atoms with Crippen molar-refractivity contribution in [3.8, 4) is 5.75 Å². The van der Waals surface area contributed by atoms with Gasteiger partial charge in [0.2, 0.25) is 0 Å². The van der Waals surface area contributed by atoms with Gasteiger partial charge in [-0.3, -0.25) is 0 Å². The van der Waals surface area contributed by atoms with Gasteiger partial charge in [-0.1, -0.05) is 0 Å². The molecule has 0 unspecified atom stereocenters. The lowest BCUT2D eigenvalue weighted by molar-refractivity contribution is 0.411. The maximum Gasteiger partial charge on any atom is 0.121 e. The number of likely N-dealkylation sites (N-methyl/N-ethyl adjacent to an activating group) is 2. The molecule has 0 saturated heterocycles. The summed E-state index contributed by atoms with van der Waals surface area (Å²) in [6.45, 7) is 4.05. The van der Waals surface area contributed by atoms with Crippen LogP contribution in [0.15, 0.2) is 18.2 Å². The zero-order valence-corrected chi connectivity index (χ0v) is 10.0. The van der Waals surface area contributed by atoms with E-state index in [0.29, 0.717) is 0 Å². The molecule has 0 heterocycles. The van der Waals surface area contributed by atoms with Crippen LogP contribution in [0.5, 0.6) is 5.75 Å². The highest BCUT2D eigenvalue weighted by Crippen LogP contribution is 2.23. The molecule has 0 fully saturated rings. The Bertz CT molecular complexity index is 312. The Hall–Kier alpha value is -1.22. The van der Waals surface area contributed by atoms with E-state index in [1.54, 1.807) is 7.11 Å². The number of benzene rings is 1. The van der Waals surface area contributed by atoms with Crippen LogP contribution in [-0.4, -0.2) is 34.3 Å². The van der Waals surface area contributed by atoms with Crippen molar-refractivity contribution in [3.63, 3.8) is 0 Å². The van der Waals surface area contributed by atoms with Gasteiger partial charge < -0.3 is 15.0 Å². The first-order valence-electron chi connectivity index (χ1n) is 5.19. The molecule has 1 aromatic rings. The van der Waals surface area contributed by atoms with Crippen LogP contribution >= 0.6 is 0 Å². The van der Waals surface area contributed by atoms with Gasteiger partial charge in [-0.15, -0.1) is 0 Å². The maximum absolute atomic E-state index is 5.23. The molecule has 0 atom stereocenters. The molecule has 3 nitrogen and oxygen atoms in total. The molecule has 3 heteroatoms. The highest BCUT2D eigenvalue weighted by atomic mass is 16.5. The van der Waals surface area contributed by atoms with Gasteiger partial charge in [0, 0.05) is 25.8 Å². The minimum absolute atomic E-state index is 0.945. The van der Waals surface area contributed by atoms with E-state index >= 15 is 0 Å². The minimum atomic E-state index is 0.945. The van der Waals surface area contributed by atoms with Crippen molar-refractivity contribution >= 4 is 5.69 Å². The van der Waals surface area contributed by atoms with Gasteiger partial charge in [0.05, 0.1) is 7.11 Å². The molecule has 0 spiro atoms. The van der Waals surface area contributed by atoms with E-state index in [4.69, 9.17) is 4.74 Å². The molecule has 0 saturated carbocycles. The summed E-state index contributed by atoms with van der Waals surface area (Å²) >= 11 is 0. The van der Waals surface area contributed by atoms with E-state index in [1.165, 1.54) is 11.3 Å². The van der Waals surface area contributed by atoms with E-state index in [9.17, 15) is 0 Å². The van der Waals surface area contributed by atoms with Crippen LogP contribution in [0.25, 0.3) is 0 Å². The first-order chi connectivity index (χ1) is 7.19. The fraction of sp³-hybridized carbons (Fsp3) is 0.500. The summed E-state index contributed by atoms with van der Waals surface area (Å²) in [6.07, 6.45) is 0. The number of aryl methyl sites for hydroxylation is 1. The molecule has 0 amide bonds. The zero-order chi connectivity index (χ0) is 11.3. The molecular weight excluding hydrogens is 188 g/mol. The Morgan fingerprint density at radius 3 is 2.67 bits per heavy atom. The summed E-state index contributed by atoms with van der Waals surface area (Å²) in [6, 6.07) is 6.25. The molecule has 1 N–H and O–H groups in total. The van der Waals surface area contributed by atoms with Crippen LogP contribution in [0, 0.1) is 6.92 Å². The average Bonchev–Trinajstić information content (AvgIpc) is 2.25. The predicted octanol–water partition coefficient (Wildman–Crippen LogP) is 1.66. The highest BCUT2D eigenvalue weighted by Gasteiger charge is 2.03. The normalized spacial score (nSPS) is 10.1. The Morgan fingerprint density at radius 1 is 1.40 bits per heavy atom. The van der Waals surface area contributed by atoms with Gasteiger partial charge in [0.25, 0.3) is 0 Å². The van der Waals surface area contributed by atoms with E-state index in [0.717, 1.165) is 18.8 Å². The number of anilines is 1. The smallest absolute Gasteiger partial charge is 0.121 e. The van der Waals surface area contributed by atoms with Crippen molar-refractivity contribution in [2.24, 2.45) is 0 Å². The van der Waals surface area contributed by atoms with E-state index in [-0.39, 0.29) is 0 Å². The van der Waals surface area contributed by atoms with Crippen LogP contribution in [0.2, 0.25) is 0 Å². The molecule has 0 aliphatic heterocycles. The van der Waals surface area contributed by atoms with E-state index in [1.807, 2.05) is 13.1 Å². The lowest BCUT2D eigenvalue weighted by Gasteiger charge is -2.20. The summed E-state index contributed by atoms with van der Waals surface area (Å²) < 4.78 is 5.23. The first-order valence-corrected chi connectivity index (χ1v) is 5.19. The van der Waals surface area contributed by atoms with Crippen molar-refractivity contribution in [3.05, 3.63) is 23.8 Å². The third-order valence-corrected chi connectivity index (χ3v) is 2.52. The second-order valence-electron chi connectivity index (χ2n) is 3.68. The Kier molecular flexibility index (Phi) is 4.43. The molecule has 0 aliphatic rings. The number of methoxy groups -OCH3 is 1. The highest BCUT2D eigenvalue weighted by molar-refractivity contribution is 5.52. The van der Waals surface area contributed by atoms with E-state index < -0.39 is 0 Å². The molecule has 0 aliphatic carbocycles. The van der Waals surface area contributed by atoms with Crippen LogP contribution in [0.1, 0.15) is 5.56 Å². The van der Waals surface area contributed by atoms with Gasteiger partial charge in [0.15, 0.2) is 0 Å². The molecular formula is C12H20N2O. The van der Waals surface area contributed by atoms with Crippen molar-refractivity contribution in [1.29, 1.82) is 0 Å². The third kappa shape index (κ3) is 3.13. The molecule has 15 heavy (non-hydrogen) atoms. The SMILES string of the molecule is CNCCN(C)c1ccc(OC)c(C)c1. The lowest BCUT2D eigenvalue weighted by atomic mass is 10.2. The Balaban J connectivity index is 2.73. The third-order valence-electron chi connectivity index (χ3n) is 2.52. The molecule has 0 aromatic heterocycles. The first kappa shape index (κ1) is 11.9. The quantitative estimate of drug-likeness (QED) is 0.796. The van der Waals surface area contributed by atoms with Crippen LogP contribution < -0.4 is 15.0 Å². The van der Waals surface area contributed by atoms with Crippen molar-refractivity contribution in [2.75, 3.05) is 39.2 Å². The number of ether oxygens (including phenoxy) is 1. The molecule has 1 rings (SSSR count). The summed E-state index contributed by atoms with van der Waals surface area (Å²) in [7, 11) is 5.76.